The fourth-order valence-electron chi connectivity index (χ4n) is 1.90. The molecule has 0 bridgehead atoms. The van der Waals surface area contributed by atoms with E-state index >= 15 is 0 Å². The van der Waals surface area contributed by atoms with E-state index in [1.807, 2.05) is 25.1 Å². The summed E-state index contributed by atoms with van der Waals surface area (Å²) in [5, 5.41) is 12.3. The van der Waals surface area contributed by atoms with Crippen molar-refractivity contribution in [3.8, 4) is 11.3 Å². The molecular weight excluding hydrogens is 246 g/mol. The number of aryl methyl sites for hydroxylation is 1. The molecule has 6 nitrogen and oxygen atoms in total. The number of fused-ring (bicyclic) bond motifs is 1. The first-order chi connectivity index (χ1) is 9.17. The highest BCUT2D eigenvalue weighted by atomic mass is 16.5. The molecule has 0 aliphatic heterocycles. The number of rotatable bonds is 3. The maximum absolute atomic E-state index is 10.8. The number of benzene rings is 1. The summed E-state index contributed by atoms with van der Waals surface area (Å²) in [6, 6.07) is 6.96. The molecule has 0 fully saturated rings. The van der Waals surface area contributed by atoms with Gasteiger partial charge in [-0.3, -0.25) is 0 Å². The van der Waals surface area contributed by atoms with Gasteiger partial charge in [-0.2, -0.15) is 0 Å². The summed E-state index contributed by atoms with van der Waals surface area (Å²) in [6.07, 6.45) is 0.829. The van der Waals surface area contributed by atoms with Gasteiger partial charge in [-0.05, 0) is 18.2 Å². The zero-order valence-corrected chi connectivity index (χ0v) is 10.2. The number of carbonyl (C=O) groups is 1. The molecule has 96 valence electrons. The molecule has 0 aliphatic carbocycles. The summed E-state index contributed by atoms with van der Waals surface area (Å²) in [5.41, 5.74) is 2.42. The van der Waals surface area contributed by atoms with E-state index in [0.29, 0.717) is 5.76 Å². The first-order valence-corrected chi connectivity index (χ1v) is 5.86. The van der Waals surface area contributed by atoms with Crippen LogP contribution in [0.5, 0.6) is 0 Å². The maximum atomic E-state index is 10.8. The third-order valence-corrected chi connectivity index (χ3v) is 2.88. The standard InChI is InChI=1S/C13H11N3O3/c1-2-12-14-8-4-3-7(5-9(8)15-12)11-6-10(13(17)18)16-19-11/h3-6H,2H2,1H3,(H,14,15)(H,17,18). The Kier molecular flexibility index (Phi) is 2.56. The van der Waals surface area contributed by atoms with E-state index in [-0.39, 0.29) is 5.69 Å². The number of aromatic amines is 1. The van der Waals surface area contributed by atoms with Gasteiger partial charge in [0.1, 0.15) is 5.82 Å². The van der Waals surface area contributed by atoms with Crippen molar-refractivity contribution in [1.82, 2.24) is 15.1 Å². The molecule has 2 N–H and O–H groups in total. The lowest BCUT2D eigenvalue weighted by Gasteiger charge is -1.94. The van der Waals surface area contributed by atoms with E-state index < -0.39 is 5.97 Å². The van der Waals surface area contributed by atoms with E-state index in [1.165, 1.54) is 6.07 Å². The van der Waals surface area contributed by atoms with Crippen LogP contribution in [0, 0.1) is 0 Å². The highest BCUT2D eigenvalue weighted by Gasteiger charge is 2.13. The van der Waals surface area contributed by atoms with Crippen molar-refractivity contribution in [2.75, 3.05) is 0 Å². The fourth-order valence-corrected chi connectivity index (χ4v) is 1.90. The molecule has 6 heteroatoms. The predicted molar refractivity (Wildman–Crippen MR) is 67.9 cm³/mol. The Morgan fingerprint density at radius 2 is 2.26 bits per heavy atom. The van der Waals surface area contributed by atoms with Crippen molar-refractivity contribution in [1.29, 1.82) is 0 Å². The summed E-state index contributed by atoms with van der Waals surface area (Å²) >= 11 is 0. The van der Waals surface area contributed by atoms with Gasteiger partial charge in [0.15, 0.2) is 11.5 Å². The lowest BCUT2D eigenvalue weighted by atomic mass is 10.1. The van der Waals surface area contributed by atoms with Crippen LogP contribution in [0.3, 0.4) is 0 Å². The Labute approximate surface area is 108 Å². The summed E-state index contributed by atoms with van der Waals surface area (Å²) in [5.74, 6) is 0.230. The molecular formula is C13H11N3O3. The van der Waals surface area contributed by atoms with Crippen LogP contribution in [-0.2, 0) is 6.42 Å². The number of H-pyrrole nitrogens is 1. The number of nitrogens with zero attached hydrogens (tertiary/aromatic N) is 2. The highest BCUT2D eigenvalue weighted by molar-refractivity contribution is 5.87. The molecule has 0 radical (unpaired) electrons. The van der Waals surface area contributed by atoms with Crippen LogP contribution in [0.1, 0.15) is 23.2 Å². The molecule has 1 aromatic carbocycles. The number of carboxylic acid groups (broad SMARTS) is 1. The van der Waals surface area contributed by atoms with Crippen molar-refractivity contribution in [2.45, 2.75) is 13.3 Å². The Balaban J connectivity index is 2.06. The third kappa shape index (κ3) is 1.97. The molecule has 0 amide bonds. The minimum atomic E-state index is -1.11. The van der Waals surface area contributed by atoms with Crippen molar-refractivity contribution < 1.29 is 14.4 Å². The average Bonchev–Trinajstić information content (AvgIpc) is 3.04. The van der Waals surface area contributed by atoms with Gasteiger partial charge in [0.25, 0.3) is 0 Å². The second kappa shape index (κ2) is 4.24. The van der Waals surface area contributed by atoms with Gasteiger partial charge in [0.2, 0.25) is 0 Å². The summed E-state index contributed by atoms with van der Waals surface area (Å²) in [4.78, 5) is 18.4. The Bertz CT molecular complexity index is 757. The molecule has 0 aliphatic rings. The first-order valence-electron chi connectivity index (χ1n) is 5.86. The third-order valence-electron chi connectivity index (χ3n) is 2.88. The van der Waals surface area contributed by atoms with Gasteiger partial charge in [-0.25, -0.2) is 9.78 Å². The number of hydrogen-bond acceptors (Lipinski definition) is 4. The van der Waals surface area contributed by atoms with Gasteiger partial charge >= 0.3 is 5.97 Å². The van der Waals surface area contributed by atoms with Crippen LogP contribution in [0.4, 0.5) is 0 Å². The molecule has 0 unspecified atom stereocenters. The topological polar surface area (TPSA) is 92.0 Å². The van der Waals surface area contributed by atoms with Crippen molar-refractivity contribution in [3.63, 3.8) is 0 Å². The van der Waals surface area contributed by atoms with Crippen molar-refractivity contribution in [2.24, 2.45) is 0 Å². The SMILES string of the molecule is CCc1nc2ccc(-c3cc(C(=O)O)no3)cc2[nH]1. The van der Waals surface area contributed by atoms with Gasteiger partial charge < -0.3 is 14.6 Å². The van der Waals surface area contributed by atoms with Gasteiger partial charge in [-0.1, -0.05) is 12.1 Å². The van der Waals surface area contributed by atoms with Crippen LogP contribution < -0.4 is 0 Å². The maximum Gasteiger partial charge on any atom is 0.358 e. The first kappa shape index (κ1) is 11.5. The number of aromatic nitrogens is 3. The summed E-state index contributed by atoms with van der Waals surface area (Å²) in [6.45, 7) is 2.02. The van der Waals surface area contributed by atoms with Crippen LogP contribution in [0.25, 0.3) is 22.4 Å². The highest BCUT2D eigenvalue weighted by Crippen LogP contribution is 2.24. The molecule has 0 saturated heterocycles. The minimum absolute atomic E-state index is 0.103. The molecule has 19 heavy (non-hydrogen) atoms. The van der Waals surface area contributed by atoms with Gasteiger partial charge in [-0.15, -0.1) is 0 Å². The zero-order valence-electron chi connectivity index (χ0n) is 10.2. The van der Waals surface area contributed by atoms with E-state index in [0.717, 1.165) is 28.8 Å². The zero-order chi connectivity index (χ0) is 13.4. The Hall–Kier alpha value is -2.63. The van der Waals surface area contributed by atoms with E-state index in [2.05, 4.69) is 15.1 Å². The summed E-state index contributed by atoms with van der Waals surface area (Å²) < 4.78 is 5.03. The van der Waals surface area contributed by atoms with Gasteiger partial charge in [0, 0.05) is 18.1 Å². The predicted octanol–water partition coefficient (Wildman–Crippen LogP) is 2.48. The number of nitrogens with one attached hydrogen (secondary N) is 1. The van der Waals surface area contributed by atoms with Crippen LogP contribution in [0.15, 0.2) is 28.8 Å². The molecule has 3 aromatic rings. The van der Waals surface area contributed by atoms with Crippen molar-refractivity contribution in [3.05, 3.63) is 35.8 Å². The van der Waals surface area contributed by atoms with Crippen LogP contribution >= 0.6 is 0 Å². The summed E-state index contributed by atoms with van der Waals surface area (Å²) in [7, 11) is 0. The average molecular weight is 257 g/mol. The largest absolute Gasteiger partial charge is 0.476 e. The monoisotopic (exact) mass is 257 g/mol. The fraction of sp³-hybridized carbons (Fsp3) is 0.154. The van der Waals surface area contributed by atoms with E-state index in [9.17, 15) is 4.79 Å². The molecule has 0 saturated carbocycles. The quantitative estimate of drug-likeness (QED) is 0.752. The Morgan fingerprint density at radius 3 is 2.95 bits per heavy atom. The molecule has 3 rings (SSSR count). The molecule has 2 aromatic heterocycles. The lowest BCUT2D eigenvalue weighted by Crippen LogP contribution is -1.94. The van der Waals surface area contributed by atoms with Crippen LogP contribution in [-0.4, -0.2) is 26.2 Å². The lowest BCUT2D eigenvalue weighted by molar-refractivity contribution is 0.0686. The normalized spacial score (nSPS) is 11.0. The van der Waals surface area contributed by atoms with E-state index in [4.69, 9.17) is 9.63 Å². The Morgan fingerprint density at radius 1 is 1.42 bits per heavy atom. The number of imidazole rings is 1. The van der Waals surface area contributed by atoms with E-state index in [1.54, 1.807) is 0 Å². The number of carboxylic acids is 1. The second-order valence-electron chi connectivity index (χ2n) is 4.15. The van der Waals surface area contributed by atoms with Crippen molar-refractivity contribution >= 4 is 17.0 Å². The molecule has 2 heterocycles. The number of aromatic carboxylic acids is 1. The van der Waals surface area contributed by atoms with Crippen LogP contribution in [0.2, 0.25) is 0 Å². The number of hydrogen-bond donors (Lipinski definition) is 2. The molecule has 0 spiro atoms. The molecule has 0 atom stereocenters. The minimum Gasteiger partial charge on any atom is -0.476 e. The smallest absolute Gasteiger partial charge is 0.358 e. The van der Waals surface area contributed by atoms with Gasteiger partial charge in [0.05, 0.1) is 11.0 Å². The second-order valence-corrected chi connectivity index (χ2v) is 4.15.